The number of hydrogen-bond donors (Lipinski definition) is 2. The molecule has 2 atom stereocenters. The van der Waals surface area contributed by atoms with Gasteiger partial charge in [-0.15, -0.1) is 12.4 Å². The molecular weight excluding hydrogens is 311 g/mol. The molecule has 1 saturated carbocycles. The van der Waals surface area contributed by atoms with Crippen LogP contribution in [0.4, 0.5) is 5.69 Å². The standard InChI is InChI=1S/C15H21ClN2O2.ClH/c1-20-14-7-6-11(9-12(14)16)18-15(19)8-10-4-2-3-5-13(10)17;/h6-7,9-10,13H,2-5,8,17H2,1H3,(H,18,19);1H. The Hall–Kier alpha value is -0.970. The van der Waals surface area contributed by atoms with E-state index in [9.17, 15) is 4.79 Å². The molecule has 1 aliphatic rings. The molecule has 0 radical (unpaired) electrons. The van der Waals surface area contributed by atoms with Gasteiger partial charge in [-0.2, -0.15) is 0 Å². The molecule has 2 unspecified atom stereocenters. The molecule has 0 aliphatic heterocycles. The van der Waals surface area contributed by atoms with E-state index < -0.39 is 0 Å². The number of rotatable bonds is 4. The van der Waals surface area contributed by atoms with Crippen molar-refractivity contribution in [3.8, 4) is 5.75 Å². The van der Waals surface area contributed by atoms with Gasteiger partial charge in [-0.1, -0.05) is 24.4 Å². The third kappa shape index (κ3) is 5.06. The number of nitrogens with one attached hydrogen (secondary N) is 1. The van der Waals surface area contributed by atoms with Crippen LogP contribution in [-0.2, 0) is 4.79 Å². The zero-order chi connectivity index (χ0) is 14.5. The predicted molar refractivity (Wildman–Crippen MR) is 88.4 cm³/mol. The van der Waals surface area contributed by atoms with Gasteiger partial charge in [0.2, 0.25) is 5.91 Å². The Morgan fingerprint density at radius 1 is 1.43 bits per heavy atom. The van der Waals surface area contributed by atoms with E-state index in [1.54, 1.807) is 25.3 Å². The van der Waals surface area contributed by atoms with Crippen LogP contribution >= 0.6 is 24.0 Å². The minimum absolute atomic E-state index is 0. The molecule has 0 heterocycles. The van der Waals surface area contributed by atoms with Crippen molar-refractivity contribution in [1.82, 2.24) is 0 Å². The highest BCUT2D eigenvalue weighted by atomic mass is 35.5. The average molecular weight is 333 g/mol. The van der Waals surface area contributed by atoms with Gasteiger partial charge in [0, 0.05) is 18.2 Å². The predicted octanol–water partition coefficient (Wildman–Crippen LogP) is 3.62. The second kappa shape index (κ2) is 8.47. The van der Waals surface area contributed by atoms with Crippen LogP contribution in [0.3, 0.4) is 0 Å². The first kappa shape index (κ1) is 18.1. The van der Waals surface area contributed by atoms with Gasteiger partial charge in [0.15, 0.2) is 0 Å². The molecule has 1 aromatic rings. The molecule has 0 spiro atoms. The lowest BCUT2D eigenvalue weighted by atomic mass is 9.83. The van der Waals surface area contributed by atoms with Crippen LogP contribution in [0.5, 0.6) is 5.75 Å². The van der Waals surface area contributed by atoms with Crippen molar-refractivity contribution < 1.29 is 9.53 Å². The van der Waals surface area contributed by atoms with Gasteiger partial charge in [0.1, 0.15) is 5.75 Å². The van der Waals surface area contributed by atoms with Crippen LogP contribution < -0.4 is 15.8 Å². The van der Waals surface area contributed by atoms with E-state index in [-0.39, 0.29) is 30.3 Å². The number of halogens is 2. The fourth-order valence-corrected chi connectivity index (χ4v) is 2.94. The van der Waals surface area contributed by atoms with Crippen molar-refractivity contribution in [2.45, 2.75) is 38.1 Å². The summed E-state index contributed by atoms with van der Waals surface area (Å²) in [5, 5.41) is 3.35. The van der Waals surface area contributed by atoms with Crippen LogP contribution in [0.1, 0.15) is 32.1 Å². The first-order chi connectivity index (χ1) is 9.60. The number of anilines is 1. The second-order valence-corrected chi connectivity index (χ2v) is 5.72. The number of methoxy groups -OCH3 is 1. The molecule has 1 aromatic carbocycles. The van der Waals surface area contributed by atoms with Crippen molar-refractivity contribution in [2.75, 3.05) is 12.4 Å². The zero-order valence-corrected chi connectivity index (χ0v) is 13.7. The normalized spacial score (nSPS) is 21.3. The summed E-state index contributed by atoms with van der Waals surface area (Å²) in [4.78, 5) is 12.1. The Kier molecular flexibility index (Phi) is 7.29. The van der Waals surface area contributed by atoms with Crippen LogP contribution in [0.2, 0.25) is 5.02 Å². The summed E-state index contributed by atoms with van der Waals surface area (Å²) in [5.74, 6) is 0.880. The number of benzene rings is 1. The molecule has 6 heteroatoms. The number of ether oxygens (including phenoxy) is 1. The average Bonchev–Trinajstić information content (AvgIpc) is 2.41. The molecule has 1 aliphatic carbocycles. The Bertz CT molecular complexity index is 483. The zero-order valence-electron chi connectivity index (χ0n) is 12.1. The molecule has 1 fully saturated rings. The molecular formula is C15H22Cl2N2O2. The first-order valence-electron chi connectivity index (χ1n) is 6.99. The summed E-state index contributed by atoms with van der Waals surface area (Å²) in [6, 6.07) is 5.36. The number of carbonyl (C=O) groups is 1. The van der Waals surface area contributed by atoms with Gasteiger partial charge in [-0.05, 0) is 37.0 Å². The molecule has 3 N–H and O–H groups in total. The minimum Gasteiger partial charge on any atom is -0.495 e. The maximum Gasteiger partial charge on any atom is 0.224 e. The monoisotopic (exact) mass is 332 g/mol. The Morgan fingerprint density at radius 3 is 2.76 bits per heavy atom. The third-order valence-corrected chi connectivity index (χ3v) is 4.15. The molecule has 0 aromatic heterocycles. The highest BCUT2D eigenvalue weighted by Crippen LogP contribution is 2.28. The summed E-state index contributed by atoms with van der Waals surface area (Å²) >= 11 is 6.03. The quantitative estimate of drug-likeness (QED) is 0.885. The van der Waals surface area contributed by atoms with E-state index in [4.69, 9.17) is 22.1 Å². The highest BCUT2D eigenvalue weighted by Gasteiger charge is 2.24. The van der Waals surface area contributed by atoms with Gasteiger partial charge >= 0.3 is 0 Å². The van der Waals surface area contributed by atoms with Crippen LogP contribution in [0, 0.1) is 5.92 Å². The number of nitrogens with two attached hydrogens (primary N) is 1. The third-order valence-electron chi connectivity index (χ3n) is 3.85. The van der Waals surface area contributed by atoms with Gasteiger partial charge in [-0.3, -0.25) is 4.79 Å². The molecule has 2 rings (SSSR count). The van der Waals surface area contributed by atoms with E-state index in [0.717, 1.165) is 12.8 Å². The van der Waals surface area contributed by atoms with Crippen molar-refractivity contribution in [3.05, 3.63) is 23.2 Å². The Balaban J connectivity index is 0.00000220. The highest BCUT2D eigenvalue weighted by molar-refractivity contribution is 6.32. The SMILES string of the molecule is COc1ccc(NC(=O)CC2CCCCC2N)cc1Cl.Cl. The first-order valence-corrected chi connectivity index (χ1v) is 7.37. The van der Waals surface area contributed by atoms with Crippen LogP contribution in [-0.4, -0.2) is 19.1 Å². The van der Waals surface area contributed by atoms with Crippen molar-refractivity contribution >= 4 is 35.6 Å². The number of carbonyl (C=O) groups excluding carboxylic acids is 1. The molecule has 0 saturated heterocycles. The van der Waals surface area contributed by atoms with E-state index in [2.05, 4.69) is 5.32 Å². The number of hydrogen-bond acceptors (Lipinski definition) is 3. The van der Waals surface area contributed by atoms with Crippen LogP contribution in [0.15, 0.2) is 18.2 Å². The summed E-state index contributed by atoms with van der Waals surface area (Å²) < 4.78 is 5.08. The van der Waals surface area contributed by atoms with Crippen molar-refractivity contribution in [1.29, 1.82) is 0 Å². The van der Waals surface area contributed by atoms with Gasteiger partial charge in [0.25, 0.3) is 0 Å². The summed E-state index contributed by atoms with van der Waals surface area (Å²) in [6.45, 7) is 0. The lowest BCUT2D eigenvalue weighted by molar-refractivity contribution is -0.117. The van der Waals surface area contributed by atoms with Gasteiger partial charge < -0.3 is 15.8 Å². The molecule has 118 valence electrons. The molecule has 0 bridgehead atoms. The summed E-state index contributed by atoms with van der Waals surface area (Å²) in [5.41, 5.74) is 6.75. The summed E-state index contributed by atoms with van der Waals surface area (Å²) in [6.07, 6.45) is 4.88. The van der Waals surface area contributed by atoms with Crippen molar-refractivity contribution in [2.24, 2.45) is 11.7 Å². The molecule has 4 nitrogen and oxygen atoms in total. The fraction of sp³-hybridized carbons (Fsp3) is 0.533. The van der Waals surface area contributed by atoms with E-state index in [1.165, 1.54) is 12.8 Å². The fourth-order valence-electron chi connectivity index (χ4n) is 2.68. The van der Waals surface area contributed by atoms with Crippen molar-refractivity contribution in [3.63, 3.8) is 0 Å². The molecule has 21 heavy (non-hydrogen) atoms. The van der Waals surface area contributed by atoms with Crippen LogP contribution in [0.25, 0.3) is 0 Å². The lowest BCUT2D eigenvalue weighted by Gasteiger charge is -2.27. The summed E-state index contributed by atoms with van der Waals surface area (Å²) in [7, 11) is 1.56. The lowest BCUT2D eigenvalue weighted by Crippen LogP contribution is -2.35. The Morgan fingerprint density at radius 2 is 2.14 bits per heavy atom. The van der Waals surface area contributed by atoms with E-state index >= 15 is 0 Å². The minimum atomic E-state index is -0.00594. The van der Waals surface area contributed by atoms with E-state index in [1.807, 2.05) is 0 Å². The topological polar surface area (TPSA) is 64.3 Å². The van der Waals surface area contributed by atoms with Gasteiger partial charge in [-0.25, -0.2) is 0 Å². The molecule has 1 amide bonds. The maximum atomic E-state index is 12.1. The Labute approximate surface area is 136 Å². The second-order valence-electron chi connectivity index (χ2n) is 5.31. The van der Waals surface area contributed by atoms with Gasteiger partial charge in [0.05, 0.1) is 12.1 Å². The number of amides is 1. The maximum absolute atomic E-state index is 12.1. The van der Waals surface area contributed by atoms with E-state index in [0.29, 0.717) is 22.9 Å². The largest absolute Gasteiger partial charge is 0.495 e. The smallest absolute Gasteiger partial charge is 0.224 e.